The Hall–Kier alpha value is -0.850. The Kier molecular flexibility index (Phi) is 13.1. The Morgan fingerprint density at radius 1 is 1.10 bits per heavy atom. The predicted octanol–water partition coefficient (Wildman–Crippen LogP) is 2.73. The molecule has 0 aliphatic heterocycles. The summed E-state index contributed by atoms with van der Waals surface area (Å²) >= 11 is 0. The van der Waals surface area contributed by atoms with Gasteiger partial charge in [0.05, 0.1) is 0 Å². The average Bonchev–Trinajstić information content (AvgIpc) is 1.89. The van der Waals surface area contributed by atoms with Crippen LogP contribution in [0, 0.1) is 0 Å². The molecule has 0 bridgehead atoms. The molecule has 0 amide bonds. The van der Waals surface area contributed by atoms with Gasteiger partial charge in [0.25, 0.3) is 0 Å². The van der Waals surface area contributed by atoms with Crippen LogP contribution in [0.5, 0.6) is 0 Å². The van der Waals surface area contributed by atoms with E-state index in [-0.39, 0.29) is 0 Å². The van der Waals surface area contributed by atoms with Crippen molar-refractivity contribution in [1.82, 2.24) is 0 Å². The van der Waals surface area contributed by atoms with Crippen molar-refractivity contribution in [1.29, 1.82) is 0 Å². The van der Waals surface area contributed by atoms with E-state index in [9.17, 15) is 4.79 Å². The molecule has 0 rings (SSSR count). The van der Waals surface area contributed by atoms with Crippen molar-refractivity contribution in [2.24, 2.45) is 0 Å². The molecule has 0 radical (unpaired) electrons. The quantitative estimate of drug-likeness (QED) is 0.311. The highest BCUT2D eigenvalue weighted by Gasteiger charge is 1.66. The minimum Gasteiger partial charge on any atom is -0.299 e. The molecule has 0 saturated heterocycles. The molecule has 0 aliphatic carbocycles. The van der Waals surface area contributed by atoms with E-state index < -0.39 is 0 Å². The molecule has 1 nitrogen and oxygen atoms in total. The fourth-order valence-corrected chi connectivity index (χ4v) is 0.136. The van der Waals surface area contributed by atoms with E-state index in [1.807, 2.05) is 39.8 Å². The summed E-state index contributed by atoms with van der Waals surface area (Å²) in [5.74, 6) is 0. The second kappa shape index (κ2) is 11.0. The van der Waals surface area contributed by atoms with E-state index >= 15 is 0 Å². The predicted molar refractivity (Wildman–Crippen MR) is 46.0 cm³/mol. The smallest absolute Gasteiger partial charge is 0.142 e. The van der Waals surface area contributed by atoms with Gasteiger partial charge in [0.15, 0.2) is 0 Å². The van der Waals surface area contributed by atoms with Gasteiger partial charge in [0.1, 0.15) is 6.29 Å². The number of rotatable bonds is 1. The molecule has 0 aromatic carbocycles. The van der Waals surface area contributed by atoms with E-state index in [0.29, 0.717) is 0 Å². The maximum atomic E-state index is 9.54. The van der Waals surface area contributed by atoms with Gasteiger partial charge in [0.2, 0.25) is 0 Å². The van der Waals surface area contributed by atoms with Gasteiger partial charge >= 0.3 is 0 Å². The van der Waals surface area contributed by atoms with Crippen LogP contribution < -0.4 is 0 Å². The van der Waals surface area contributed by atoms with Crippen LogP contribution in [0.4, 0.5) is 0 Å². The molecule has 1 heteroatoms. The van der Waals surface area contributed by atoms with Crippen molar-refractivity contribution < 1.29 is 4.79 Å². The molecule has 0 spiro atoms. The van der Waals surface area contributed by atoms with Crippen LogP contribution in [0.3, 0.4) is 0 Å². The summed E-state index contributed by atoms with van der Waals surface area (Å²) in [6.45, 7) is 7.77. The standard InChI is InChI=1S/C5H8O.C4H8/c1-5(2)3-4-6;1-3-4-2/h3-4H,1-2H3;3-4H,1-2H3/b;4-3-. The Morgan fingerprint density at radius 3 is 1.50 bits per heavy atom. The SMILES string of the molecule is C/C=C\C.CC(C)=CC=O. The highest BCUT2D eigenvalue weighted by molar-refractivity contribution is 5.65. The lowest BCUT2D eigenvalue weighted by Crippen LogP contribution is -1.62. The minimum atomic E-state index is 0.787. The van der Waals surface area contributed by atoms with Crippen molar-refractivity contribution >= 4 is 6.29 Å². The summed E-state index contributed by atoms with van der Waals surface area (Å²) < 4.78 is 0. The Balaban J connectivity index is 0. The molecule has 0 aliphatic rings. The first kappa shape index (κ1) is 11.9. The fourth-order valence-electron chi connectivity index (χ4n) is 0.136. The Labute approximate surface area is 63.4 Å². The zero-order valence-electron chi connectivity index (χ0n) is 7.22. The van der Waals surface area contributed by atoms with E-state index in [1.165, 1.54) is 6.08 Å². The summed E-state index contributed by atoms with van der Waals surface area (Å²) in [6.07, 6.45) is 6.31. The summed E-state index contributed by atoms with van der Waals surface area (Å²) in [7, 11) is 0. The van der Waals surface area contributed by atoms with Crippen LogP contribution in [0.25, 0.3) is 0 Å². The van der Waals surface area contributed by atoms with Crippen LogP contribution in [0.2, 0.25) is 0 Å². The van der Waals surface area contributed by atoms with Crippen molar-refractivity contribution in [3.05, 3.63) is 23.8 Å². The number of allylic oxidation sites excluding steroid dienone is 4. The summed E-state index contributed by atoms with van der Waals surface area (Å²) in [4.78, 5) is 9.54. The summed E-state index contributed by atoms with van der Waals surface area (Å²) in [6, 6.07) is 0. The maximum absolute atomic E-state index is 9.54. The number of carbonyl (C=O) groups is 1. The van der Waals surface area contributed by atoms with E-state index in [0.717, 1.165) is 11.9 Å². The lowest BCUT2D eigenvalue weighted by atomic mass is 10.3. The van der Waals surface area contributed by atoms with Gasteiger partial charge < -0.3 is 0 Å². The summed E-state index contributed by atoms with van der Waals surface area (Å²) in [5, 5.41) is 0. The third-order valence-electron chi connectivity index (χ3n) is 0.735. The molecular weight excluding hydrogens is 124 g/mol. The van der Waals surface area contributed by atoms with Crippen molar-refractivity contribution in [2.75, 3.05) is 0 Å². The monoisotopic (exact) mass is 140 g/mol. The molecule has 0 heterocycles. The molecule has 0 aromatic rings. The van der Waals surface area contributed by atoms with E-state index in [2.05, 4.69) is 0 Å². The molecule has 0 N–H and O–H groups in total. The minimum absolute atomic E-state index is 0.787. The van der Waals surface area contributed by atoms with Crippen molar-refractivity contribution in [3.8, 4) is 0 Å². The van der Waals surface area contributed by atoms with E-state index in [1.54, 1.807) is 0 Å². The molecule has 0 aromatic heterocycles. The molecular formula is C9H16O. The lowest BCUT2D eigenvalue weighted by Gasteiger charge is -1.73. The molecule has 0 atom stereocenters. The van der Waals surface area contributed by atoms with Gasteiger partial charge in [-0.2, -0.15) is 0 Å². The molecule has 10 heavy (non-hydrogen) atoms. The molecule has 0 unspecified atom stereocenters. The fraction of sp³-hybridized carbons (Fsp3) is 0.444. The molecule has 0 fully saturated rings. The second-order valence-electron chi connectivity index (χ2n) is 2.05. The molecule has 0 saturated carbocycles. The van der Waals surface area contributed by atoms with Gasteiger partial charge in [-0.3, -0.25) is 4.79 Å². The van der Waals surface area contributed by atoms with Gasteiger partial charge in [-0.15, -0.1) is 0 Å². The topological polar surface area (TPSA) is 17.1 Å². The average molecular weight is 140 g/mol. The number of carbonyl (C=O) groups excluding carboxylic acids is 1. The second-order valence-corrected chi connectivity index (χ2v) is 2.05. The Bertz CT molecular complexity index is 113. The first-order valence-corrected chi connectivity index (χ1v) is 3.35. The van der Waals surface area contributed by atoms with Gasteiger partial charge in [0, 0.05) is 0 Å². The molecule has 58 valence electrons. The largest absolute Gasteiger partial charge is 0.299 e. The Morgan fingerprint density at radius 2 is 1.50 bits per heavy atom. The zero-order valence-corrected chi connectivity index (χ0v) is 7.22. The lowest BCUT2D eigenvalue weighted by molar-refractivity contribution is -0.104. The number of aldehydes is 1. The first-order chi connectivity index (χ1) is 4.68. The third kappa shape index (κ3) is 27.3. The van der Waals surface area contributed by atoms with Gasteiger partial charge in [-0.25, -0.2) is 0 Å². The van der Waals surface area contributed by atoms with Crippen LogP contribution in [-0.4, -0.2) is 6.29 Å². The normalized spacial score (nSPS) is 8.00. The van der Waals surface area contributed by atoms with Crippen LogP contribution >= 0.6 is 0 Å². The highest BCUT2D eigenvalue weighted by atomic mass is 16.1. The third-order valence-corrected chi connectivity index (χ3v) is 0.735. The first-order valence-electron chi connectivity index (χ1n) is 3.35. The highest BCUT2D eigenvalue weighted by Crippen LogP contribution is 1.81. The summed E-state index contributed by atoms with van der Waals surface area (Å²) in [5.41, 5.74) is 1.05. The van der Waals surface area contributed by atoms with Crippen LogP contribution in [0.15, 0.2) is 23.8 Å². The van der Waals surface area contributed by atoms with E-state index in [4.69, 9.17) is 0 Å². The number of hydrogen-bond donors (Lipinski definition) is 0. The van der Waals surface area contributed by atoms with Crippen molar-refractivity contribution in [2.45, 2.75) is 27.7 Å². The van der Waals surface area contributed by atoms with Gasteiger partial charge in [-0.05, 0) is 33.8 Å². The van der Waals surface area contributed by atoms with Crippen LogP contribution in [0.1, 0.15) is 27.7 Å². The number of hydrogen-bond acceptors (Lipinski definition) is 1. The van der Waals surface area contributed by atoms with Crippen LogP contribution in [-0.2, 0) is 4.79 Å². The zero-order chi connectivity index (χ0) is 8.41. The van der Waals surface area contributed by atoms with Crippen molar-refractivity contribution in [3.63, 3.8) is 0 Å². The van der Waals surface area contributed by atoms with Gasteiger partial charge in [-0.1, -0.05) is 17.7 Å². The maximum Gasteiger partial charge on any atom is 0.142 e.